The maximum atomic E-state index is 12.9. The van der Waals surface area contributed by atoms with E-state index in [1.807, 2.05) is 25.1 Å². The predicted molar refractivity (Wildman–Crippen MR) is 184 cm³/mol. The second kappa shape index (κ2) is 12.8. The summed E-state index contributed by atoms with van der Waals surface area (Å²) >= 11 is 0. The number of anilines is 2. The summed E-state index contributed by atoms with van der Waals surface area (Å²) in [6.45, 7) is 2.17. The quantitative estimate of drug-likeness (QED) is 0.103. The second-order valence-corrected chi connectivity index (χ2v) is 11.7. The van der Waals surface area contributed by atoms with Gasteiger partial charge in [-0.2, -0.15) is 0 Å². The van der Waals surface area contributed by atoms with Crippen molar-refractivity contribution < 1.29 is 9.53 Å². The number of esters is 1. The molecule has 0 radical (unpaired) electrons. The Kier molecular flexibility index (Phi) is 8.11. The highest BCUT2D eigenvalue weighted by molar-refractivity contribution is 6.21. The molecular formula is C41H36N2O2. The van der Waals surface area contributed by atoms with Crippen LogP contribution in [0, 0.1) is 0 Å². The smallest absolute Gasteiger partial charge is 0.338 e. The molecular weight excluding hydrogens is 552 g/mol. The maximum Gasteiger partial charge on any atom is 0.338 e. The van der Waals surface area contributed by atoms with Crippen molar-refractivity contribution in [2.45, 2.75) is 38.1 Å². The topological polar surface area (TPSA) is 42.4 Å². The summed E-state index contributed by atoms with van der Waals surface area (Å²) in [6.07, 6.45) is 11.2. The molecule has 1 aliphatic heterocycles. The van der Waals surface area contributed by atoms with Gasteiger partial charge in [0.25, 0.3) is 0 Å². The Bertz CT molecular complexity index is 1800. The average molecular weight is 589 g/mol. The van der Waals surface area contributed by atoms with Crippen LogP contribution >= 0.6 is 0 Å². The van der Waals surface area contributed by atoms with Crippen molar-refractivity contribution in [3.8, 4) is 0 Å². The molecule has 2 atom stereocenters. The van der Waals surface area contributed by atoms with E-state index < -0.39 is 0 Å². The van der Waals surface area contributed by atoms with Gasteiger partial charge in [-0.05, 0) is 107 Å². The zero-order valence-corrected chi connectivity index (χ0v) is 25.5. The first-order valence-corrected chi connectivity index (χ1v) is 15.8. The summed E-state index contributed by atoms with van der Waals surface area (Å²) in [5, 5.41) is 0. The lowest BCUT2D eigenvalue weighted by Crippen LogP contribution is -2.26. The predicted octanol–water partition coefficient (Wildman–Crippen LogP) is 9.56. The summed E-state index contributed by atoms with van der Waals surface area (Å²) in [5.74, 6) is 0.157. The van der Waals surface area contributed by atoms with E-state index in [0.717, 1.165) is 11.1 Å². The molecule has 222 valence electrons. The van der Waals surface area contributed by atoms with E-state index in [1.165, 1.54) is 58.5 Å². The molecule has 1 fully saturated rings. The Morgan fingerprint density at radius 2 is 1.44 bits per heavy atom. The summed E-state index contributed by atoms with van der Waals surface area (Å²) < 4.78 is 5.41. The minimum absolute atomic E-state index is 0.318. The first-order chi connectivity index (χ1) is 22.2. The van der Waals surface area contributed by atoms with Gasteiger partial charge >= 0.3 is 5.97 Å². The van der Waals surface area contributed by atoms with Gasteiger partial charge in [0, 0.05) is 35.7 Å². The molecule has 4 heteroatoms. The third kappa shape index (κ3) is 5.84. The monoisotopic (exact) mass is 588 g/mol. The van der Waals surface area contributed by atoms with Gasteiger partial charge in [-0.15, -0.1) is 0 Å². The van der Waals surface area contributed by atoms with Crippen LogP contribution in [0.25, 0.3) is 23.3 Å². The third-order valence-electron chi connectivity index (χ3n) is 8.97. The Labute approximate surface area is 265 Å². The minimum Gasteiger partial charge on any atom is -0.462 e. The number of carbonyl (C=O) groups is 1. The molecule has 0 bridgehead atoms. The van der Waals surface area contributed by atoms with Crippen molar-refractivity contribution in [2.24, 2.45) is 0 Å². The van der Waals surface area contributed by atoms with Gasteiger partial charge in [0.1, 0.15) is 0 Å². The normalized spacial score (nSPS) is 17.0. The largest absolute Gasteiger partial charge is 0.462 e. The molecule has 0 amide bonds. The number of hydrogen-bond acceptors (Lipinski definition) is 4. The van der Waals surface area contributed by atoms with Crippen LogP contribution in [0.3, 0.4) is 0 Å². The first-order valence-electron chi connectivity index (χ1n) is 15.8. The summed E-state index contributed by atoms with van der Waals surface area (Å²) in [4.78, 5) is 19.6. The van der Waals surface area contributed by atoms with Crippen LogP contribution in [-0.4, -0.2) is 23.6 Å². The van der Waals surface area contributed by atoms with E-state index in [9.17, 15) is 4.79 Å². The molecule has 0 saturated heterocycles. The van der Waals surface area contributed by atoms with Crippen LogP contribution in [-0.2, 0) is 9.53 Å². The van der Waals surface area contributed by atoms with Gasteiger partial charge in [-0.25, -0.2) is 4.79 Å². The van der Waals surface area contributed by atoms with Crippen molar-refractivity contribution in [1.82, 2.24) is 4.98 Å². The van der Waals surface area contributed by atoms with E-state index >= 15 is 0 Å². The molecule has 0 N–H and O–H groups in total. The Morgan fingerprint density at radius 3 is 2.11 bits per heavy atom. The van der Waals surface area contributed by atoms with Crippen molar-refractivity contribution in [1.29, 1.82) is 0 Å². The number of carbonyl (C=O) groups excluding carboxylic acids is 1. The average Bonchev–Trinajstić information content (AvgIpc) is 3.69. The zero-order chi connectivity index (χ0) is 30.6. The number of aromatic nitrogens is 1. The number of pyridine rings is 1. The number of nitrogens with zero attached hydrogens (tertiary/aromatic N) is 2. The highest BCUT2D eigenvalue weighted by Gasteiger charge is 2.42. The fourth-order valence-corrected chi connectivity index (χ4v) is 6.93. The number of ether oxygens (including phenoxy) is 1. The second-order valence-electron chi connectivity index (χ2n) is 11.7. The Balaban J connectivity index is 1.22. The number of benzene rings is 4. The lowest BCUT2D eigenvalue weighted by atomic mass is 9.95. The minimum atomic E-state index is -0.318. The van der Waals surface area contributed by atoms with Gasteiger partial charge in [0.05, 0.1) is 12.2 Å². The zero-order valence-electron chi connectivity index (χ0n) is 25.5. The highest BCUT2D eigenvalue weighted by atomic mass is 16.5. The van der Waals surface area contributed by atoms with Crippen molar-refractivity contribution >= 4 is 40.6 Å². The number of hydrogen-bond donors (Lipinski definition) is 0. The van der Waals surface area contributed by atoms with Crippen LogP contribution in [0.2, 0.25) is 0 Å². The van der Waals surface area contributed by atoms with E-state index in [1.54, 1.807) is 12.4 Å². The Hall–Kier alpha value is -5.22. The van der Waals surface area contributed by atoms with Crippen LogP contribution in [0.5, 0.6) is 0 Å². The Morgan fingerprint density at radius 1 is 0.778 bits per heavy atom. The molecule has 5 aromatic rings. The van der Waals surface area contributed by atoms with Gasteiger partial charge in [0.2, 0.25) is 0 Å². The summed E-state index contributed by atoms with van der Waals surface area (Å²) in [7, 11) is 0. The molecule has 2 heterocycles. The van der Waals surface area contributed by atoms with E-state index in [-0.39, 0.29) is 5.97 Å². The molecule has 7 rings (SSSR count). The summed E-state index contributed by atoms with van der Waals surface area (Å²) in [5.41, 5.74) is 11.0. The number of fused-ring (bicyclic) bond motifs is 3. The molecule has 2 unspecified atom stereocenters. The fraction of sp³-hybridized carbons (Fsp3) is 0.171. The van der Waals surface area contributed by atoms with Gasteiger partial charge in [0.15, 0.2) is 0 Å². The molecule has 0 spiro atoms. The molecule has 4 aromatic carbocycles. The van der Waals surface area contributed by atoms with Crippen molar-refractivity contribution in [3.63, 3.8) is 0 Å². The van der Waals surface area contributed by atoms with Crippen LogP contribution < -0.4 is 4.90 Å². The van der Waals surface area contributed by atoms with E-state index in [4.69, 9.17) is 4.74 Å². The molecule has 1 aromatic heterocycles. The first kappa shape index (κ1) is 28.5. The van der Waals surface area contributed by atoms with E-state index in [2.05, 4.69) is 119 Å². The highest BCUT2D eigenvalue weighted by Crippen LogP contribution is 2.52. The lowest BCUT2D eigenvalue weighted by Gasteiger charge is -2.27. The SMILES string of the molecule is CCOC(=O)/C(=C\c1ccc2c(c1)C1CCCC1N2c1ccc(C=C(c2ccccc2)c2ccccc2)cc1)c1ccncc1. The fourth-order valence-electron chi connectivity index (χ4n) is 6.93. The molecule has 45 heavy (non-hydrogen) atoms. The van der Waals surface area contributed by atoms with Gasteiger partial charge in [-0.1, -0.05) is 85.3 Å². The molecule has 1 aliphatic carbocycles. The summed E-state index contributed by atoms with van der Waals surface area (Å²) in [6, 6.07) is 41.0. The van der Waals surface area contributed by atoms with Crippen LogP contribution in [0.4, 0.5) is 11.4 Å². The molecule has 1 saturated carbocycles. The van der Waals surface area contributed by atoms with Crippen LogP contribution in [0.1, 0.15) is 65.5 Å². The maximum absolute atomic E-state index is 12.9. The standard InChI is InChI=1S/C41H36N2O2/c1-2-45-41(44)37(33-22-24-42-25-23-33)27-30-18-21-40-38(28-30)35-14-9-15-39(35)43(40)34-19-16-29(17-20-34)26-36(31-10-5-3-6-11-31)32-12-7-4-8-13-32/h3-8,10-13,16-28,35,39H,2,9,14-15H2,1H3/b37-27-. The number of rotatable bonds is 8. The third-order valence-corrected chi connectivity index (χ3v) is 8.97. The van der Waals surface area contributed by atoms with Crippen LogP contribution in [0.15, 0.2) is 128 Å². The molecule has 4 nitrogen and oxygen atoms in total. The van der Waals surface area contributed by atoms with Gasteiger partial charge < -0.3 is 9.64 Å². The van der Waals surface area contributed by atoms with Crippen molar-refractivity contribution in [2.75, 3.05) is 11.5 Å². The van der Waals surface area contributed by atoms with Gasteiger partial charge in [-0.3, -0.25) is 4.98 Å². The lowest BCUT2D eigenvalue weighted by molar-refractivity contribution is -0.136. The van der Waals surface area contributed by atoms with E-state index in [0.29, 0.717) is 24.1 Å². The molecule has 2 aliphatic rings. The van der Waals surface area contributed by atoms with Crippen molar-refractivity contribution in [3.05, 3.63) is 161 Å².